The number of anilines is 1. The molecule has 1 unspecified atom stereocenters. The molecular formula is C12H13ClN2OS. The van der Waals surface area contributed by atoms with Crippen LogP contribution in [0.5, 0.6) is 0 Å². The van der Waals surface area contributed by atoms with Gasteiger partial charge in [0.25, 0.3) is 0 Å². The van der Waals surface area contributed by atoms with Crippen LogP contribution in [0.2, 0.25) is 5.02 Å². The van der Waals surface area contributed by atoms with Crippen molar-refractivity contribution in [3.8, 4) is 0 Å². The number of aromatic nitrogens is 1. The Morgan fingerprint density at radius 1 is 1.53 bits per heavy atom. The van der Waals surface area contributed by atoms with Crippen LogP contribution in [-0.4, -0.2) is 10.7 Å². The lowest BCUT2D eigenvalue weighted by molar-refractivity contribution is 0.451. The Morgan fingerprint density at radius 2 is 2.35 bits per heavy atom. The van der Waals surface area contributed by atoms with Gasteiger partial charge in [-0.25, -0.2) is 4.98 Å². The molecule has 0 spiro atoms. The number of nitrogens with zero attached hydrogens (tertiary/aromatic N) is 1. The summed E-state index contributed by atoms with van der Waals surface area (Å²) in [5.74, 6) is 1.95. The summed E-state index contributed by atoms with van der Waals surface area (Å²) < 4.78 is 5.82. The predicted octanol–water partition coefficient (Wildman–Crippen LogP) is 3.81. The van der Waals surface area contributed by atoms with E-state index in [2.05, 4.69) is 11.9 Å². The van der Waals surface area contributed by atoms with Gasteiger partial charge in [-0.2, -0.15) is 0 Å². The van der Waals surface area contributed by atoms with E-state index in [0.717, 1.165) is 29.2 Å². The first-order valence-corrected chi connectivity index (χ1v) is 6.95. The highest BCUT2D eigenvalue weighted by Crippen LogP contribution is 2.46. The van der Waals surface area contributed by atoms with E-state index < -0.39 is 0 Å². The van der Waals surface area contributed by atoms with Gasteiger partial charge >= 0.3 is 0 Å². The second-order valence-electron chi connectivity index (χ2n) is 4.54. The van der Waals surface area contributed by atoms with Gasteiger partial charge in [-0.05, 0) is 31.6 Å². The van der Waals surface area contributed by atoms with Gasteiger partial charge < -0.3 is 10.2 Å². The maximum Gasteiger partial charge on any atom is 0.211 e. The molecule has 0 aliphatic carbocycles. The predicted molar refractivity (Wildman–Crippen MR) is 72.5 cm³/mol. The lowest BCUT2D eigenvalue weighted by Gasteiger charge is -2.17. The summed E-state index contributed by atoms with van der Waals surface area (Å²) in [5.41, 5.74) is 7.79. The average molecular weight is 269 g/mol. The van der Waals surface area contributed by atoms with E-state index in [9.17, 15) is 0 Å². The largest absolute Gasteiger partial charge is 0.439 e. The SMILES string of the molecule is CC1(c2nc3cc(Cl)c(N)cc3o2)CCCS1. The number of thioether (sulfide) groups is 1. The molecular weight excluding hydrogens is 256 g/mol. The fraction of sp³-hybridized carbons (Fsp3) is 0.417. The highest BCUT2D eigenvalue weighted by atomic mass is 35.5. The summed E-state index contributed by atoms with van der Waals surface area (Å²) in [6.07, 6.45) is 2.32. The van der Waals surface area contributed by atoms with Crippen LogP contribution in [-0.2, 0) is 4.75 Å². The van der Waals surface area contributed by atoms with Crippen molar-refractivity contribution in [2.75, 3.05) is 11.5 Å². The minimum absolute atomic E-state index is 0.000256. The van der Waals surface area contributed by atoms with Gasteiger partial charge in [0.05, 0.1) is 15.5 Å². The maximum absolute atomic E-state index is 5.98. The molecule has 1 atom stereocenters. The molecule has 17 heavy (non-hydrogen) atoms. The van der Waals surface area contributed by atoms with E-state index in [1.165, 1.54) is 6.42 Å². The van der Waals surface area contributed by atoms with Gasteiger partial charge in [0, 0.05) is 6.07 Å². The van der Waals surface area contributed by atoms with Crippen molar-refractivity contribution in [2.45, 2.75) is 24.5 Å². The van der Waals surface area contributed by atoms with Gasteiger partial charge in [0.2, 0.25) is 5.89 Å². The zero-order chi connectivity index (χ0) is 12.0. The van der Waals surface area contributed by atoms with Crippen molar-refractivity contribution in [1.82, 2.24) is 4.98 Å². The summed E-state index contributed by atoms with van der Waals surface area (Å²) in [4.78, 5) is 4.54. The molecule has 1 fully saturated rings. The molecule has 2 aromatic rings. The lowest BCUT2D eigenvalue weighted by Crippen LogP contribution is -2.12. The third kappa shape index (κ3) is 1.79. The first-order valence-electron chi connectivity index (χ1n) is 5.58. The van der Waals surface area contributed by atoms with E-state index in [-0.39, 0.29) is 4.75 Å². The van der Waals surface area contributed by atoms with Crippen molar-refractivity contribution >= 4 is 40.1 Å². The Morgan fingerprint density at radius 3 is 3.06 bits per heavy atom. The molecule has 0 radical (unpaired) electrons. The quantitative estimate of drug-likeness (QED) is 0.799. The van der Waals surface area contributed by atoms with Crippen LogP contribution in [0.25, 0.3) is 11.1 Å². The van der Waals surface area contributed by atoms with Crippen LogP contribution in [0, 0.1) is 0 Å². The smallest absolute Gasteiger partial charge is 0.211 e. The van der Waals surface area contributed by atoms with Crippen molar-refractivity contribution < 1.29 is 4.42 Å². The van der Waals surface area contributed by atoms with E-state index in [4.69, 9.17) is 21.8 Å². The van der Waals surface area contributed by atoms with E-state index in [1.54, 1.807) is 12.1 Å². The third-order valence-electron chi connectivity index (χ3n) is 3.18. The number of oxazole rings is 1. The highest BCUT2D eigenvalue weighted by Gasteiger charge is 2.36. The van der Waals surface area contributed by atoms with Gasteiger partial charge in [-0.1, -0.05) is 11.6 Å². The minimum Gasteiger partial charge on any atom is -0.439 e. The number of nitrogen functional groups attached to an aromatic ring is 1. The van der Waals surface area contributed by atoms with Crippen LogP contribution in [0.15, 0.2) is 16.5 Å². The van der Waals surface area contributed by atoms with Crippen LogP contribution in [0.3, 0.4) is 0 Å². The van der Waals surface area contributed by atoms with Crippen molar-refractivity contribution in [3.05, 3.63) is 23.0 Å². The molecule has 2 heterocycles. The summed E-state index contributed by atoms with van der Waals surface area (Å²) in [5, 5.41) is 0.529. The summed E-state index contributed by atoms with van der Waals surface area (Å²) >= 11 is 7.88. The fourth-order valence-corrected chi connectivity index (χ4v) is 3.53. The summed E-state index contributed by atoms with van der Waals surface area (Å²) in [6.45, 7) is 2.18. The van der Waals surface area contributed by atoms with E-state index in [0.29, 0.717) is 10.7 Å². The molecule has 2 N–H and O–H groups in total. The molecule has 0 bridgehead atoms. The number of fused-ring (bicyclic) bond motifs is 1. The third-order valence-corrected chi connectivity index (χ3v) is 5.01. The molecule has 1 aliphatic heterocycles. The maximum atomic E-state index is 5.98. The molecule has 5 heteroatoms. The molecule has 90 valence electrons. The monoisotopic (exact) mass is 268 g/mol. The van der Waals surface area contributed by atoms with Crippen molar-refractivity contribution in [3.63, 3.8) is 0 Å². The molecule has 1 aliphatic rings. The molecule has 1 saturated heterocycles. The highest BCUT2D eigenvalue weighted by molar-refractivity contribution is 8.00. The van der Waals surface area contributed by atoms with Gasteiger partial charge in [-0.15, -0.1) is 11.8 Å². The topological polar surface area (TPSA) is 52.0 Å². The lowest BCUT2D eigenvalue weighted by atomic mass is 10.1. The molecule has 1 aromatic heterocycles. The zero-order valence-corrected chi connectivity index (χ0v) is 11.1. The molecule has 3 nitrogen and oxygen atoms in total. The number of hydrogen-bond donors (Lipinski definition) is 1. The van der Waals surface area contributed by atoms with Crippen LogP contribution < -0.4 is 5.73 Å². The Hall–Kier alpha value is -0.870. The Kier molecular flexibility index (Phi) is 2.52. The number of halogens is 1. The molecule has 1 aromatic carbocycles. The van der Waals surface area contributed by atoms with Gasteiger partial charge in [0.1, 0.15) is 5.52 Å². The second-order valence-corrected chi connectivity index (χ2v) is 6.55. The van der Waals surface area contributed by atoms with E-state index in [1.807, 2.05) is 11.8 Å². The number of rotatable bonds is 1. The zero-order valence-electron chi connectivity index (χ0n) is 9.50. The number of nitrogens with two attached hydrogens (primary N) is 1. The van der Waals surface area contributed by atoms with E-state index >= 15 is 0 Å². The second kappa shape index (κ2) is 3.82. The first kappa shape index (κ1) is 11.2. The Bertz CT molecular complexity index is 536. The van der Waals surface area contributed by atoms with Gasteiger partial charge in [-0.3, -0.25) is 0 Å². The summed E-state index contributed by atoms with van der Waals surface area (Å²) in [6, 6.07) is 3.51. The number of hydrogen-bond acceptors (Lipinski definition) is 4. The first-order chi connectivity index (χ1) is 8.08. The fourth-order valence-electron chi connectivity index (χ4n) is 2.14. The molecule has 0 amide bonds. The van der Waals surface area contributed by atoms with Crippen LogP contribution >= 0.6 is 23.4 Å². The normalized spacial score (nSPS) is 24.6. The standard InChI is InChI=1S/C12H13ClN2OS/c1-12(3-2-4-17-12)11-15-9-5-7(13)8(14)6-10(9)16-11/h5-6H,2-4,14H2,1H3. The van der Waals surface area contributed by atoms with Crippen molar-refractivity contribution in [1.29, 1.82) is 0 Å². The van der Waals surface area contributed by atoms with Gasteiger partial charge in [0.15, 0.2) is 5.58 Å². The number of benzene rings is 1. The molecule has 3 rings (SSSR count). The molecule has 0 saturated carbocycles. The summed E-state index contributed by atoms with van der Waals surface area (Å²) in [7, 11) is 0. The minimum atomic E-state index is 0.000256. The van der Waals surface area contributed by atoms with Crippen molar-refractivity contribution in [2.24, 2.45) is 0 Å². The average Bonchev–Trinajstić information content (AvgIpc) is 2.87. The van der Waals surface area contributed by atoms with Crippen LogP contribution in [0.4, 0.5) is 5.69 Å². The van der Waals surface area contributed by atoms with Crippen LogP contribution in [0.1, 0.15) is 25.7 Å². The Labute approximate surface area is 109 Å². The Balaban J connectivity index is 2.13.